The van der Waals surface area contributed by atoms with Gasteiger partial charge in [-0.3, -0.25) is 4.90 Å². The van der Waals surface area contributed by atoms with E-state index in [2.05, 4.69) is 5.32 Å². The zero-order chi connectivity index (χ0) is 14.5. The molecule has 0 saturated carbocycles. The fourth-order valence-electron chi connectivity index (χ4n) is 3.30. The van der Waals surface area contributed by atoms with Gasteiger partial charge in [-0.05, 0) is 38.5 Å². The SMILES string of the molecule is CC(C)N1C(=O)NC2CC1(C)Oc1ccc(CCl)cc12. The van der Waals surface area contributed by atoms with Crippen molar-refractivity contribution < 1.29 is 9.53 Å². The van der Waals surface area contributed by atoms with Gasteiger partial charge in [-0.15, -0.1) is 11.6 Å². The molecule has 1 fully saturated rings. The van der Waals surface area contributed by atoms with Crippen molar-refractivity contribution in [2.75, 3.05) is 0 Å². The molecule has 5 heteroatoms. The number of hydrogen-bond acceptors (Lipinski definition) is 2. The van der Waals surface area contributed by atoms with E-state index in [1.54, 1.807) is 4.90 Å². The van der Waals surface area contributed by atoms with Crippen molar-refractivity contribution in [3.05, 3.63) is 29.3 Å². The van der Waals surface area contributed by atoms with Gasteiger partial charge in [-0.2, -0.15) is 0 Å². The Morgan fingerprint density at radius 1 is 1.55 bits per heavy atom. The summed E-state index contributed by atoms with van der Waals surface area (Å²) < 4.78 is 6.16. The van der Waals surface area contributed by atoms with Gasteiger partial charge in [-0.25, -0.2) is 4.79 Å². The molecule has 20 heavy (non-hydrogen) atoms. The summed E-state index contributed by atoms with van der Waals surface area (Å²) in [5.74, 6) is 1.30. The quantitative estimate of drug-likeness (QED) is 0.850. The lowest BCUT2D eigenvalue weighted by Gasteiger charge is -2.52. The average molecular weight is 295 g/mol. The van der Waals surface area contributed by atoms with Crippen LogP contribution in [0, 0.1) is 0 Å². The second-order valence-electron chi connectivity index (χ2n) is 5.95. The Labute approximate surface area is 124 Å². The summed E-state index contributed by atoms with van der Waals surface area (Å²) in [6, 6.07) is 5.96. The number of benzene rings is 1. The summed E-state index contributed by atoms with van der Waals surface area (Å²) in [5.41, 5.74) is 1.48. The van der Waals surface area contributed by atoms with Crippen molar-refractivity contribution in [3.63, 3.8) is 0 Å². The molecule has 0 aromatic heterocycles. The number of alkyl halides is 1. The van der Waals surface area contributed by atoms with E-state index in [-0.39, 0.29) is 18.1 Å². The number of ether oxygens (including phenoxy) is 1. The standard InChI is InChI=1S/C15H19ClN2O2/c1-9(2)18-14(19)17-12-7-15(18,3)20-13-5-4-10(8-16)6-11(12)13/h4-6,9,12H,7-8H2,1-3H3,(H,17,19). The van der Waals surface area contributed by atoms with E-state index in [0.717, 1.165) is 23.3 Å². The number of carbonyl (C=O) groups is 1. The maximum Gasteiger partial charge on any atom is 0.321 e. The smallest absolute Gasteiger partial charge is 0.321 e. The molecule has 2 unspecified atom stereocenters. The van der Waals surface area contributed by atoms with E-state index in [4.69, 9.17) is 16.3 Å². The first kappa shape index (κ1) is 13.6. The molecular formula is C15H19ClN2O2. The van der Waals surface area contributed by atoms with E-state index in [1.165, 1.54) is 0 Å². The fraction of sp³-hybridized carbons (Fsp3) is 0.533. The molecule has 3 rings (SSSR count). The highest BCUT2D eigenvalue weighted by Gasteiger charge is 2.49. The Hall–Kier alpha value is -1.42. The van der Waals surface area contributed by atoms with Gasteiger partial charge in [0.25, 0.3) is 0 Å². The monoisotopic (exact) mass is 294 g/mol. The van der Waals surface area contributed by atoms with Gasteiger partial charge >= 0.3 is 6.03 Å². The Balaban J connectivity index is 2.05. The molecule has 0 aliphatic carbocycles. The number of urea groups is 1. The van der Waals surface area contributed by atoms with Crippen LogP contribution in [-0.4, -0.2) is 22.7 Å². The van der Waals surface area contributed by atoms with Crippen LogP contribution in [0.15, 0.2) is 18.2 Å². The van der Waals surface area contributed by atoms with Gasteiger partial charge in [0.2, 0.25) is 0 Å². The Bertz CT molecular complexity index is 561. The van der Waals surface area contributed by atoms with Crippen LogP contribution in [0.2, 0.25) is 0 Å². The molecule has 2 atom stereocenters. The Kier molecular flexibility index (Phi) is 3.09. The van der Waals surface area contributed by atoms with Crippen molar-refractivity contribution in [2.45, 2.75) is 50.9 Å². The fourth-order valence-corrected chi connectivity index (χ4v) is 3.47. The molecule has 2 bridgehead atoms. The zero-order valence-electron chi connectivity index (χ0n) is 11.9. The number of halogens is 1. The highest BCUT2D eigenvalue weighted by atomic mass is 35.5. The minimum absolute atomic E-state index is 0.00517. The highest BCUT2D eigenvalue weighted by Crippen LogP contribution is 2.44. The van der Waals surface area contributed by atoms with Crippen molar-refractivity contribution in [1.82, 2.24) is 10.2 Å². The molecule has 0 radical (unpaired) electrons. The molecule has 1 N–H and O–H groups in total. The lowest BCUT2D eigenvalue weighted by atomic mass is 9.89. The predicted molar refractivity (Wildman–Crippen MR) is 77.9 cm³/mol. The van der Waals surface area contributed by atoms with Crippen molar-refractivity contribution in [1.29, 1.82) is 0 Å². The third-order valence-corrected chi connectivity index (χ3v) is 4.37. The number of nitrogens with one attached hydrogen (secondary N) is 1. The van der Waals surface area contributed by atoms with E-state index in [1.807, 2.05) is 39.0 Å². The average Bonchev–Trinajstić information content (AvgIpc) is 2.36. The molecule has 2 amide bonds. The van der Waals surface area contributed by atoms with E-state index in [9.17, 15) is 4.79 Å². The molecule has 1 aromatic carbocycles. The minimum atomic E-state index is -0.587. The lowest BCUT2D eigenvalue weighted by molar-refractivity contribution is -0.0963. The highest BCUT2D eigenvalue weighted by molar-refractivity contribution is 6.17. The summed E-state index contributed by atoms with van der Waals surface area (Å²) in [4.78, 5) is 14.1. The van der Waals surface area contributed by atoms with Crippen LogP contribution in [-0.2, 0) is 5.88 Å². The van der Waals surface area contributed by atoms with Crippen molar-refractivity contribution in [2.24, 2.45) is 0 Å². The molecule has 0 spiro atoms. The van der Waals surface area contributed by atoms with Crippen LogP contribution < -0.4 is 10.1 Å². The summed E-state index contributed by atoms with van der Waals surface area (Å²) in [6.07, 6.45) is 0.746. The van der Waals surface area contributed by atoms with Crippen LogP contribution in [0.5, 0.6) is 5.75 Å². The molecule has 2 aliphatic heterocycles. The third kappa shape index (κ3) is 1.94. The molecule has 4 nitrogen and oxygen atoms in total. The van der Waals surface area contributed by atoms with Gasteiger partial charge in [-0.1, -0.05) is 6.07 Å². The minimum Gasteiger partial charge on any atom is -0.468 e. The summed E-state index contributed by atoms with van der Waals surface area (Å²) in [7, 11) is 0. The second kappa shape index (κ2) is 4.55. The molecule has 1 saturated heterocycles. The maximum atomic E-state index is 12.3. The number of nitrogens with zero attached hydrogens (tertiary/aromatic N) is 1. The molecule has 2 aliphatic rings. The van der Waals surface area contributed by atoms with E-state index >= 15 is 0 Å². The number of hydrogen-bond donors (Lipinski definition) is 1. The second-order valence-corrected chi connectivity index (χ2v) is 6.22. The van der Waals surface area contributed by atoms with Crippen LogP contribution in [0.3, 0.4) is 0 Å². The number of rotatable bonds is 2. The first-order valence-corrected chi connectivity index (χ1v) is 7.46. The van der Waals surface area contributed by atoms with Gasteiger partial charge in [0, 0.05) is 23.9 Å². The first-order chi connectivity index (χ1) is 9.44. The Morgan fingerprint density at radius 2 is 2.30 bits per heavy atom. The molecule has 108 valence electrons. The van der Waals surface area contributed by atoms with Gasteiger partial charge in [0.1, 0.15) is 5.75 Å². The van der Waals surface area contributed by atoms with Gasteiger partial charge < -0.3 is 10.1 Å². The summed E-state index contributed by atoms with van der Waals surface area (Å²) in [5, 5.41) is 3.08. The van der Waals surface area contributed by atoms with Crippen LogP contribution in [0.25, 0.3) is 0 Å². The van der Waals surface area contributed by atoms with Crippen LogP contribution in [0.1, 0.15) is 44.4 Å². The maximum absolute atomic E-state index is 12.3. The zero-order valence-corrected chi connectivity index (χ0v) is 12.7. The molecular weight excluding hydrogens is 276 g/mol. The number of carbonyl (C=O) groups excluding carboxylic acids is 1. The number of fused-ring (bicyclic) bond motifs is 4. The largest absolute Gasteiger partial charge is 0.468 e. The third-order valence-electron chi connectivity index (χ3n) is 4.06. The Morgan fingerprint density at radius 3 is 2.95 bits per heavy atom. The number of amides is 2. The van der Waals surface area contributed by atoms with E-state index < -0.39 is 5.72 Å². The van der Waals surface area contributed by atoms with E-state index in [0.29, 0.717) is 5.88 Å². The summed E-state index contributed by atoms with van der Waals surface area (Å²) in [6.45, 7) is 5.98. The normalized spacial score (nSPS) is 27.9. The first-order valence-electron chi connectivity index (χ1n) is 6.92. The predicted octanol–water partition coefficient (Wildman–Crippen LogP) is 3.40. The summed E-state index contributed by atoms with van der Waals surface area (Å²) >= 11 is 5.89. The van der Waals surface area contributed by atoms with Crippen molar-refractivity contribution >= 4 is 17.6 Å². The van der Waals surface area contributed by atoms with Gasteiger partial charge in [0.05, 0.1) is 6.04 Å². The topological polar surface area (TPSA) is 41.6 Å². The van der Waals surface area contributed by atoms with Gasteiger partial charge in [0.15, 0.2) is 5.72 Å². The van der Waals surface area contributed by atoms with Crippen LogP contribution >= 0.6 is 11.6 Å². The van der Waals surface area contributed by atoms with Crippen molar-refractivity contribution in [3.8, 4) is 5.75 Å². The molecule has 2 heterocycles. The lowest BCUT2D eigenvalue weighted by Crippen LogP contribution is -2.66. The molecule has 1 aromatic rings. The van der Waals surface area contributed by atoms with Crippen LogP contribution in [0.4, 0.5) is 4.79 Å².